The van der Waals surface area contributed by atoms with Crippen LogP contribution in [-0.2, 0) is 16.0 Å². The molecule has 1 aliphatic heterocycles. The number of methoxy groups -OCH3 is 1. The first kappa shape index (κ1) is 21.5. The van der Waals surface area contributed by atoms with Gasteiger partial charge in [0.1, 0.15) is 5.69 Å². The van der Waals surface area contributed by atoms with Crippen molar-refractivity contribution in [2.24, 2.45) is 0 Å². The molecule has 6 heteroatoms. The molecule has 0 amide bonds. The van der Waals surface area contributed by atoms with E-state index in [1.807, 2.05) is 36.4 Å². The molecule has 3 aromatic heterocycles. The first-order valence-electron chi connectivity index (χ1n) is 11.9. The molecule has 0 bridgehead atoms. The lowest BCUT2D eigenvalue weighted by atomic mass is 10.1. The fourth-order valence-electron chi connectivity index (χ4n) is 5.35. The number of anilines is 1. The number of ether oxygens (including phenoxy) is 2. The van der Waals surface area contributed by atoms with Crippen LogP contribution in [0, 0.1) is 0 Å². The molecule has 2 aromatic carbocycles. The number of allylic oxidation sites excluding steroid dienone is 1. The number of hydrogen-bond acceptors (Lipinski definition) is 4. The van der Waals surface area contributed by atoms with Gasteiger partial charge in [-0.1, -0.05) is 54.6 Å². The lowest BCUT2D eigenvalue weighted by Crippen LogP contribution is -2.36. The van der Waals surface area contributed by atoms with Gasteiger partial charge in [-0.15, -0.1) is 6.58 Å². The summed E-state index contributed by atoms with van der Waals surface area (Å²) in [4.78, 5) is 15.6. The summed E-state index contributed by atoms with van der Waals surface area (Å²) in [5.74, 6) is -0.362. The fraction of sp³-hybridized carbons (Fsp3) is 0.207. The number of rotatable bonds is 5. The van der Waals surface area contributed by atoms with Crippen LogP contribution in [0.25, 0.3) is 38.6 Å². The molecule has 5 aromatic rings. The summed E-state index contributed by atoms with van der Waals surface area (Å²) in [6, 6.07) is 22.7. The first-order chi connectivity index (χ1) is 17.2. The van der Waals surface area contributed by atoms with E-state index in [1.165, 1.54) is 7.11 Å². The van der Waals surface area contributed by atoms with Gasteiger partial charge in [0.2, 0.25) is 0 Å². The minimum Gasteiger partial charge on any atom is -0.464 e. The topological polar surface area (TPSA) is 48.1 Å². The summed E-state index contributed by atoms with van der Waals surface area (Å²) < 4.78 is 15.3. The van der Waals surface area contributed by atoms with Gasteiger partial charge in [-0.3, -0.25) is 4.40 Å². The molecule has 4 heterocycles. The molecule has 0 aliphatic carbocycles. The molecule has 0 atom stereocenters. The number of aromatic nitrogens is 2. The van der Waals surface area contributed by atoms with Gasteiger partial charge in [0.05, 0.1) is 42.7 Å². The normalized spacial score (nSPS) is 14.1. The van der Waals surface area contributed by atoms with Crippen LogP contribution >= 0.6 is 0 Å². The molecule has 6 nitrogen and oxygen atoms in total. The van der Waals surface area contributed by atoms with E-state index in [0.29, 0.717) is 25.5 Å². The lowest BCUT2D eigenvalue weighted by Gasteiger charge is -2.28. The Balaban J connectivity index is 1.84. The smallest absolute Gasteiger partial charge is 0.355 e. The first-order valence-corrected chi connectivity index (χ1v) is 11.9. The molecule has 176 valence electrons. The van der Waals surface area contributed by atoms with Crippen LogP contribution in [0.1, 0.15) is 10.5 Å². The van der Waals surface area contributed by atoms with Gasteiger partial charge < -0.3 is 18.9 Å². The van der Waals surface area contributed by atoms with Crippen molar-refractivity contribution in [3.05, 3.63) is 85.1 Å². The monoisotopic (exact) mass is 465 g/mol. The van der Waals surface area contributed by atoms with Crippen LogP contribution in [0.3, 0.4) is 0 Å². The van der Waals surface area contributed by atoms with Crippen LogP contribution in [0.4, 0.5) is 5.69 Å². The van der Waals surface area contributed by atoms with Gasteiger partial charge in [0.25, 0.3) is 0 Å². The summed E-state index contributed by atoms with van der Waals surface area (Å²) in [6.45, 7) is 7.61. The average molecular weight is 466 g/mol. The second-order valence-corrected chi connectivity index (χ2v) is 8.76. The zero-order valence-corrected chi connectivity index (χ0v) is 19.7. The van der Waals surface area contributed by atoms with E-state index >= 15 is 0 Å². The number of para-hydroxylation sites is 1. The molecule has 0 saturated carbocycles. The third kappa shape index (κ3) is 3.33. The Labute approximate surface area is 203 Å². The number of morpholine rings is 1. The summed E-state index contributed by atoms with van der Waals surface area (Å²) in [5, 5.41) is 2.13. The molecule has 1 saturated heterocycles. The highest BCUT2D eigenvalue weighted by atomic mass is 16.5. The van der Waals surface area contributed by atoms with E-state index in [2.05, 4.69) is 56.8 Å². The summed E-state index contributed by atoms with van der Waals surface area (Å²) in [5.41, 5.74) is 6.80. The Morgan fingerprint density at radius 2 is 1.74 bits per heavy atom. The van der Waals surface area contributed by atoms with Crippen molar-refractivity contribution >= 4 is 39.0 Å². The highest BCUT2D eigenvalue weighted by Gasteiger charge is 2.27. The Hall–Kier alpha value is -4.03. The van der Waals surface area contributed by atoms with Crippen LogP contribution in [0.2, 0.25) is 0 Å². The van der Waals surface area contributed by atoms with Gasteiger partial charge in [-0.2, -0.15) is 0 Å². The quantitative estimate of drug-likeness (QED) is 0.253. The lowest BCUT2D eigenvalue weighted by molar-refractivity contribution is 0.0592. The number of carbonyl (C=O) groups is 1. The van der Waals surface area contributed by atoms with Gasteiger partial charge in [-0.05, 0) is 23.8 Å². The highest BCUT2D eigenvalue weighted by molar-refractivity contribution is 6.17. The highest BCUT2D eigenvalue weighted by Crippen LogP contribution is 2.41. The molecular formula is C29H27N3O3. The van der Waals surface area contributed by atoms with Crippen molar-refractivity contribution in [2.75, 3.05) is 38.3 Å². The Morgan fingerprint density at radius 1 is 1.00 bits per heavy atom. The van der Waals surface area contributed by atoms with Crippen LogP contribution in [0.15, 0.2) is 79.4 Å². The third-order valence-electron chi connectivity index (χ3n) is 6.86. The summed E-state index contributed by atoms with van der Waals surface area (Å²) >= 11 is 0. The SMILES string of the molecule is C=CCn1c2ccccc2c2cc(C(=O)OC)n3c(-c4ccccc4)cc(N4CCOCC4)c3c21. The number of pyridine rings is 1. The van der Waals surface area contributed by atoms with Crippen LogP contribution in [0.5, 0.6) is 0 Å². The molecular weight excluding hydrogens is 438 g/mol. The van der Waals surface area contributed by atoms with Crippen molar-refractivity contribution in [2.45, 2.75) is 6.54 Å². The van der Waals surface area contributed by atoms with Gasteiger partial charge in [-0.25, -0.2) is 4.79 Å². The largest absolute Gasteiger partial charge is 0.464 e. The van der Waals surface area contributed by atoms with Crippen molar-refractivity contribution in [3.63, 3.8) is 0 Å². The zero-order chi connectivity index (χ0) is 23.9. The third-order valence-corrected chi connectivity index (χ3v) is 6.86. The molecule has 0 N–H and O–H groups in total. The average Bonchev–Trinajstić information content (AvgIpc) is 3.46. The minimum atomic E-state index is -0.362. The number of fused-ring (bicyclic) bond motifs is 5. The van der Waals surface area contributed by atoms with E-state index in [-0.39, 0.29) is 5.97 Å². The van der Waals surface area contributed by atoms with Gasteiger partial charge in [0.15, 0.2) is 0 Å². The van der Waals surface area contributed by atoms with Crippen molar-refractivity contribution in [1.82, 2.24) is 8.97 Å². The minimum absolute atomic E-state index is 0.362. The summed E-state index contributed by atoms with van der Waals surface area (Å²) in [6.07, 6.45) is 1.92. The van der Waals surface area contributed by atoms with Gasteiger partial charge >= 0.3 is 5.97 Å². The van der Waals surface area contributed by atoms with Crippen molar-refractivity contribution in [3.8, 4) is 11.3 Å². The number of benzene rings is 2. The fourth-order valence-corrected chi connectivity index (χ4v) is 5.35. The molecule has 0 unspecified atom stereocenters. The van der Waals surface area contributed by atoms with E-state index in [0.717, 1.165) is 57.4 Å². The maximum absolute atomic E-state index is 13.2. The molecule has 1 aliphatic rings. The number of carbonyl (C=O) groups excluding carboxylic acids is 1. The molecule has 0 radical (unpaired) electrons. The predicted octanol–water partition coefficient (Wildman–Crippen LogP) is 5.52. The molecule has 0 spiro atoms. The molecule has 35 heavy (non-hydrogen) atoms. The number of esters is 1. The Bertz CT molecular complexity index is 1570. The number of hydrogen-bond donors (Lipinski definition) is 0. The molecule has 1 fully saturated rings. The van der Waals surface area contributed by atoms with E-state index in [9.17, 15) is 4.79 Å². The van der Waals surface area contributed by atoms with Crippen molar-refractivity contribution in [1.29, 1.82) is 0 Å². The van der Waals surface area contributed by atoms with Crippen LogP contribution < -0.4 is 4.90 Å². The second-order valence-electron chi connectivity index (χ2n) is 8.76. The molecule has 6 rings (SSSR count). The van der Waals surface area contributed by atoms with E-state index < -0.39 is 0 Å². The Morgan fingerprint density at radius 3 is 2.49 bits per heavy atom. The van der Waals surface area contributed by atoms with E-state index in [4.69, 9.17) is 9.47 Å². The van der Waals surface area contributed by atoms with Crippen LogP contribution in [-0.4, -0.2) is 48.4 Å². The number of nitrogens with zero attached hydrogens (tertiary/aromatic N) is 3. The predicted molar refractivity (Wildman–Crippen MR) is 140 cm³/mol. The van der Waals surface area contributed by atoms with Gasteiger partial charge in [0, 0.05) is 35.9 Å². The van der Waals surface area contributed by atoms with Crippen molar-refractivity contribution < 1.29 is 14.3 Å². The zero-order valence-electron chi connectivity index (χ0n) is 19.7. The maximum atomic E-state index is 13.2. The second kappa shape index (κ2) is 8.64. The standard InChI is InChI=1S/C29H27N3O3/c1-3-13-31-23-12-8-7-11-21(23)22-18-26(29(33)34-2)32-24(20-9-5-4-6-10-20)19-25(28(32)27(22)31)30-14-16-35-17-15-30/h3-12,18-19H,1,13-17H2,2H3. The summed E-state index contributed by atoms with van der Waals surface area (Å²) in [7, 11) is 1.44. The maximum Gasteiger partial charge on any atom is 0.355 e. The van der Waals surface area contributed by atoms with E-state index in [1.54, 1.807) is 0 Å². The Kier molecular flexibility index (Phi) is 5.30.